The molecule has 6 nitrogen and oxygen atoms in total. The SMILES string of the molecule is Cc1cc(NC(=O)COc2ccc(Cl)cc2)n(-c2nc3cc4c(cc3s2)CCCC4)n1. The van der Waals surface area contributed by atoms with Gasteiger partial charge >= 0.3 is 0 Å². The van der Waals surface area contributed by atoms with Gasteiger partial charge in [0, 0.05) is 11.1 Å². The summed E-state index contributed by atoms with van der Waals surface area (Å²) in [4.78, 5) is 17.3. The highest BCUT2D eigenvalue weighted by Gasteiger charge is 2.17. The highest BCUT2D eigenvalue weighted by Crippen LogP contribution is 2.32. The molecule has 0 saturated heterocycles. The van der Waals surface area contributed by atoms with Crippen molar-refractivity contribution in [2.75, 3.05) is 11.9 Å². The van der Waals surface area contributed by atoms with Crippen LogP contribution in [0.3, 0.4) is 0 Å². The van der Waals surface area contributed by atoms with Gasteiger partial charge in [-0.25, -0.2) is 4.98 Å². The summed E-state index contributed by atoms with van der Waals surface area (Å²) >= 11 is 7.46. The van der Waals surface area contributed by atoms with Crippen molar-refractivity contribution in [2.45, 2.75) is 32.6 Å². The summed E-state index contributed by atoms with van der Waals surface area (Å²) in [5, 5.41) is 8.79. The number of amides is 1. The van der Waals surface area contributed by atoms with E-state index in [9.17, 15) is 4.79 Å². The number of nitrogens with one attached hydrogen (secondary N) is 1. The van der Waals surface area contributed by atoms with Gasteiger partial charge in [0.2, 0.25) is 5.13 Å². The fourth-order valence-corrected chi connectivity index (χ4v) is 4.93. The molecule has 0 spiro atoms. The highest BCUT2D eigenvalue weighted by atomic mass is 35.5. The fraction of sp³-hybridized carbons (Fsp3) is 0.261. The molecular weight excluding hydrogens is 432 g/mol. The van der Waals surface area contributed by atoms with Crippen LogP contribution in [0.5, 0.6) is 5.75 Å². The van der Waals surface area contributed by atoms with Crippen molar-refractivity contribution in [1.82, 2.24) is 14.8 Å². The first-order chi connectivity index (χ1) is 15.0. The number of hydrogen-bond acceptors (Lipinski definition) is 5. The van der Waals surface area contributed by atoms with E-state index in [0.717, 1.165) is 33.9 Å². The number of thiazole rings is 1. The first-order valence-corrected chi connectivity index (χ1v) is 11.4. The number of aryl methyl sites for hydroxylation is 3. The number of benzene rings is 2. The summed E-state index contributed by atoms with van der Waals surface area (Å²) in [6.45, 7) is 1.78. The van der Waals surface area contributed by atoms with Crippen LogP contribution in [-0.2, 0) is 17.6 Å². The number of anilines is 1. The number of halogens is 1. The second-order valence-corrected chi connectivity index (χ2v) is 9.11. The Bertz CT molecular complexity index is 1220. The molecule has 0 bridgehead atoms. The second kappa shape index (κ2) is 8.32. The molecule has 1 N–H and O–H groups in total. The van der Waals surface area contributed by atoms with Gasteiger partial charge in [-0.2, -0.15) is 9.78 Å². The van der Waals surface area contributed by atoms with Crippen LogP contribution in [0.4, 0.5) is 5.82 Å². The van der Waals surface area contributed by atoms with E-state index in [4.69, 9.17) is 21.3 Å². The third-order valence-electron chi connectivity index (χ3n) is 5.30. The summed E-state index contributed by atoms with van der Waals surface area (Å²) in [6.07, 6.45) is 4.74. The van der Waals surface area contributed by atoms with E-state index >= 15 is 0 Å². The molecule has 0 aliphatic heterocycles. The average Bonchev–Trinajstić information content (AvgIpc) is 3.33. The van der Waals surface area contributed by atoms with Crippen LogP contribution in [-0.4, -0.2) is 27.3 Å². The van der Waals surface area contributed by atoms with Crippen LogP contribution >= 0.6 is 22.9 Å². The van der Waals surface area contributed by atoms with Crippen LogP contribution in [0.2, 0.25) is 5.02 Å². The maximum absolute atomic E-state index is 12.5. The predicted octanol–water partition coefficient (Wildman–Crippen LogP) is 5.34. The molecule has 8 heteroatoms. The highest BCUT2D eigenvalue weighted by molar-refractivity contribution is 7.20. The topological polar surface area (TPSA) is 69.0 Å². The number of fused-ring (bicyclic) bond motifs is 2. The van der Waals surface area contributed by atoms with E-state index in [1.165, 1.54) is 24.0 Å². The molecule has 2 aromatic carbocycles. The number of nitrogens with zero attached hydrogens (tertiary/aromatic N) is 3. The minimum atomic E-state index is -0.271. The average molecular weight is 453 g/mol. The van der Waals surface area contributed by atoms with Crippen LogP contribution in [0, 0.1) is 6.92 Å². The van der Waals surface area contributed by atoms with Crippen LogP contribution in [0.1, 0.15) is 29.7 Å². The number of hydrogen-bond donors (Lipinski definition) is 1. The zero-order valence-electron chi connectivity index (χ0n) is 17.0. The smallest absolute Gasteiger partial charge is 0.263 e. The summed E-state index contributed by atoms with van der Waals surface area (Å²) in [7, 11) is 0. The Kier molecular flexibility index (Phi) is 5.38. The Morgan fingerprint density at radius 2 is 1.90 bits per heavy atom. The Balaban J connectivity index is 1.36. The van der Waals surface area contributed by atoms with Gasteiger partial charge < -0.3 is 10.1 Å². The predicted molar refractivity (Wildman–Crippen MR) is 124 cm³/mol. The summed E-state index contributed by atoms with van der Waals surface area (Å²) in [5.41, 5.74) is 4.61. The summed E-state index contributed by atoms with van der Waals surface area (Å²) < 4.78 is 8.38. The van der Waals surface area contributed by atoms with Gasteiger partial charge in [-0.05, 0) is 80.1 Å². The van der Waals surface area contributed by atoms with Crippen LogP contribution in [0.15, 0.2) is 42.5 Å². The van der Waals surface area contributed by atoms with E-state index in [1.807, 2.05) is 13.0 Å². The van der Waals surface area contributed by atoms with Gasteiger partial charge in [0.1, 0.15) is 11.6 Å². The molecule has 0 saturated carbocycles. The van der Waals surface area contributed by atoms with Gasteiger partial charge in [0.15, 0.2) is 6.61 Å². The molecule has 31 heavy (non-hydrogen) atoms. The molecule has 4 aromatic rings. The zero-order valence-corrected chi connectivity index (χ0v) is 18.6. The van der Waals surface area contributed by atoms with E-state index < -0.39 is 0 Å². The van der Waals surface area contributed by atoms with E-state index in [0.29, 0.717) is 16.6 Å². The van der Waals surface area contributed by atoms with Crippen molar-refractivity contribution >= 4 is 44.9 Å². The van der Waals surface area contributed by atoms with Gasteiger partial charge in [0.05, 0.1) is 15.9 Å². The number of aromatic nitrogens is 3. The third-order valence-corrected chi connectivity index (χ3v) is 6.55. The monoisotopic (exact) mass is 452 g/mol. The Labute approximate surface area is 188 Å². The molecule has 0 radical (unpaired) electrons. The first-order valence-electron chi connectivity index (χ1n) is 10.2. The Hall–Kier alpha value is -2.90. The van der Waals surface area contributed by atoms with E-state index in [1.54, 1.807) is 40.3 Å². The lowest BCUT2D eigenvalue weighted by atomic mass is 9.92. The summed E-state index contributed by atoms with van der Waals surface area (Å²) in [5.74, 6) is 0.887. The first kappa shape index (κ1) is 20.0. The molecule has 2 aromatic heterocycles. The van der Waals surface area contributed by atoms with Gasteiger partial charge in [-0.15, -0.1) is 0 Å². The molecule has 2 heterocycles. The fourth-order valence-electron chi connectivity index (χ4n) is 3.83. The largest absolute Gasteiger partial charge is 0.484 e. The normalized spacial score (nSPS) is 13.2. The lowest BCUT2D eigenvalue weighted by Crippen LogP contribution is -2.21. The van der Waals surface area contributed by atoms with E-state index in [2.05, 4.69) is 22.5 Å². The van der Waals surface area contributed by atoms with Crippen molar-refractivity contribution in [2.24, 2.45) is 0 Å². The van der Waals surface area contributed by atoms with Gasteiger partial charge in [0.25, 0.3) is 5.91 Å². The molecular formula is C23H21ClN4O2S. The maximum Gasteiger partial charge on any atom is 0.263 e. The molecule has 0 atom stereocenters. The molecule has 5 rings (SSSR count). The minimum absolute atomic E-state index is 0.113. The van der Waals surface area contributed by atoms with E-state index in [-0.39, 0.29) is 12.5 Å². The number of rotatable bonds is 5. The number of carbonyl (C=O) groups is 1. The quantitative estimate of drug-likeness (QED) is 0.443. The molecule has 1 aliphatic carbocycles. The van der Waals surface area contributed by atoms with Crippen molar-refractivity contribution in [3.63, 3.8) is 0 Å². The Morgan fingerprint density at radius 3 is 2.68 bits per heavy atom. The maximum atomic E-state index is 12.5. The van der Waals surface area contributed by atoms with Gasteiger partial charge in [-0.3, -0.25) is 4.79 Å². The van der Waals surface area contributed by atoms with Crippen molar-refractivity contribution in [3.8, 4) is 10.9 Å². The molecule has 1 amide bonds. The molecule has 158 valence electrons. The van der Waals surface area contributed by atoms with Crippen LogP contribution in [0.25, 0.3) is 15.3 Å². The van der Waals surface area contributed by atoms with Crippen molar-refractivity contribution in [3.05, 3.63) is 64.3 Å². The van der Waals surface area contributed by atoms with Crippen molar-refractivity contribution in [1.29, 1.82) is 0 Å². The van der Waals surface area contributed by atoms with Crippen LogP contribution < -0.4 is 10.1 Å². The minimum Gasteiger partial charge on any atom is -0.484 e. The zero-order chi connectivity index (χ0) is 21.4. The molecule has 0 fully saturated rings. The standard InChI is InChI=1S/C23H21ClN4O2S/c1-14-10-21(26-22(29)13-30-18-8-6-17(24)7-9-18)28(27-14)23-25-19-11-15-4-2-3-5-16(15)12-20(19)31-23/h6-12H,2-5,13H2,1H3,(H,26,29). The molecule has 1 aliphatic rings. The molecule has 0 unspecified atom stereocenters. The second-order valence-electron chi connectivity index (χ2n) is 7.67. The summed E-state index contributed by atoms with van der Waals surface area (Å²) in [6, 6.07) is 13.2. The third kappa shape index (κ3) is 4.29. The number of ether oxygens (including phenoxy) is 1. The van der Waals surface area contributed by atoms with Gasteiger partial charge in [-0.1, -0.05) is 22.9 Å². The number of carbonyl (C=O) groups excluding carboxylic acids is 1. The Morgan fingerprint density at radius 1 is 1.16 bits per heavy atom. The lowest BCUT2D eigenvalue weighted by Gasteiger charge is -2.14. The lowest BCUT2D eigenvalue weighted by molar-refractivity contribution is -0.118. The van der Waals surface area contributed by atoms with Crippen molar-refractivity contribution < 1.29 is 9.53 Å².